The van der Waals surface area contributed by atoms with Crippen LogP contribution in [0.5, 0.6) is 5.75 Å². The molecule has 0 unspecified atom stereocenters. The van der Waals surface area contributed by atoms with Gasteiger partial charge < -0.3 is 15.2 Å². The molecule has 1 amide bonds. The molecule has 0 bridgehead atoms. The number of carbonyl (C=O) groups excluding carboxylic acids is 1. The number of nitrogens with one attached hydrogen (secondary N) is 1. The highest BCUT2D eigenvalue weighted by atomic mass is 79.9. The van der Waals surface area contributed by atoms with Crippen molar-refractivity contribution in [2.75, 3.05) is 25.0 Å². The number of nitrogens with zero attached hydrogens (tertiary/aromatic N) is 1. The maximum Gasteiger partial charge on any atom is 0.387 e. The zero-order valence-corrected chi connectivity index (χ0v) is 15.8. The number of para-hydroxylation sites is 2. The number of benzene rings is 2. The van der Waals surface area contributed by atoms with Crippen molar-refractivity contribution in [3.63, 3.8) is 0 Å². The van der Waals surface area contributed by atoms with Gasteiger partial charge in [-0.15, -0.1) is 0 Å². The molecule has 0 radical (unpaired) electrons. The Kier molecular flexibility index (Phi) is 8.08. The maximum atomic E-state index is 13.9. The van der Waals surface area contributed by atoms with E-state index in [1.54, 1.807) is 18.2 Å². The second kappa shape index (κ2) is 10.3. The van der Waals surface area contributed by atoms with Crippen LogP contribution in [-0.2, 0) is 11.3 Å². The predicted molar refractivity (Wildman–Crippen MR) is 98.2 cm³/mol. The number of halogens is 4. The van der Waals surface area contributed by atoms with Crippen LogP contribution >= 0.6 is 15.9 Å². The molecule has 0 aliphatic rings. The van der Waals surface area contributed by atoms with Gasteiger partial charge in [0.2, 0.25) is 5.91 Å². The molecular weight excluding hydrogens is 429 g/mol. The van der Waals surface area contributed by atoms with E-state index in [4.69, 9.17) is 0 Å². The molecule has 146 valence electrons. The van der Waals surface area contributed by atoms with Crippen molar-refractivity contribution >= 4 is 27.5 Å². The van der Waals surface area contributed by atoms with Crippen LogP contribution < -0.4 is 10.1 Å². The number of hydrogen-bond acceptors (Lipinski definition) is 4. The quantitative estimate of drug-likeness (QED) is 0.617. The van der Waals surface area contributed by atoms with Gasteiger partial charge in [-0.05, 0) is 30.3 Å². The van der Waals surface area contributed by atoms with Gasteiger partial charge in [-0.1, -0.05) is 28.1 Å². The Labute approximate surface area is 162 Å². The van der Waals surface area contributed by atoms with Crippen LogP contribution in [-0.4, -0.2) is 42.2 Å². The summed E-state index contributed by atoms with van der Waals surface area (Å²) in [6.07, 6.45) is 0. The molecule has 0 saturated heterocycles. The minimum absolute atomic E-state index is 0.0917. The van der Waals surface area contributed by atoms with Crippen molar-refractivity contribution in [3.8, 4) is 5.75 Å². The van der Waals surface area contributed by atoms with E-state index in [9.17, 15) is 23.1 Å². The lowest BCUT2D eigenvalue weighted by molar-refractivity contribution is -0.117. The molecule has 0 atom stereocenters. The van der Waals surface area contributed by atoms with E-state index in [1.807, 2.05) is 0 Å². The Morgan fingerprint density at radius 1 is 1.26 bits per heavy atom. The summed E-state index contributed by atoms with van der Waals surface area (Å²) >= 11 is 3.26. The Balaban J connectivity index is 2.06. The molecule has 2 aromatic rings. The summed E-state index contributed by atoms with van der Waals surface area (Å²) in [5, 5.41) is 11.7. The molecule has 2 aromatic carbocycles. The second-order valence-corrected chi connectivity index (χ2v) is 6.51. The Morgan fingerprint density at radius 2 is 2.00 bits per heavy atom. The van der Waals surface area contributed by atoms with Gasteiger partial charge >= 0.3 is 6.61 Å². The van der Waals surface area contributed by atoms with Crippen molar-refractivity contribution in [3.05, 3.63) is 58.3 Å². The van der Waals surface area contributed by atoms with Gasteiger partial charge in [0.05, 0.1) is 18.8 Å². The van der Waals surface area contributed by atoms with E-state index in [0.717, 1.165) is 0 Å². The number of ether oxygens (including phenoxy) is 1. The molecule has 0 saturated carbocycles. The Bertz CT molecular complexity index is 777. The molecule has 27 heavy (non-hydrogen) atoms. The average molecular weight is 447 g/mol. The first-order chi connectivity index (χ1) is 12.9. The molecular formula is C18H18BrF3N2O3. The molecule has 9 heteroatoms. The van der Waals surface area contributed by atoms with Crippen molar-refractivity contribution in [2.45, 2.75) is 13.2 Å². The van der Waals surface area contributed by atoms with Crippen molar-refractivity contribution < 1.29 is 27.8 Å². The zero-order valence-electron chi connectivity index (χ0n) is 14.2. The van der Waals surface area contributed by atoms with Crippen molar-refractivity contribution in [1.82, 2.24) is 4.90 Å². The number of rotatable bonds is 9. The van der Waals surface area contributed by atoms with Gasteiger partial charge in [0.25, 0.3) is 0 Å². The molecule has 5 nitrogen and oxygen atoms in total. The lowest BCUT2D eigenvalue weighted by atomic mass is 10.2. The van der Waals surface area contributed by atoms with Crippen LogP contribution in [0.1, 0.15) is 5.56 Å². The standard InChI is InChI=1S/C18H18BrF3N2O3/c19-13-5-6-14(20)12(9-13)10-24(7-8-25)11-17(26)23-15-3-1-2-4-16(15)27-18(21)22/h1-6,9,18,25H,7-8,10-11H2,(H,23,26). The van der Waals surface area contributed by atoms with E-state index in [-0.39, 0.29) is 37.7 Å². The first kappa shape index (κ1) is 21.2. The molecule has 2 N–H and O–H groups in total. The molecule has 0 heterocycles. The molecule has 2 rings (SSSR count). The minimum atomic E-state index is -3.02. The van der Waals surface area contributed by atoms with Gasteiger partial charge in [0.1, 0.15) is 11.6 Å². The second-order valence-electron chi connectivity index (χ2n) is 5.59. The minimum Gasteiger partial charge on any atom is -0.433 e. The zero-order chi connectivity index (χ0) is 19.8. The number of hydrogen-bond donors (Lipinski definition) is 2. The van der Waals surface area contributed by atoms with Crippen LogP contribution in [0.3, 0.4) is 0 Å². The highest BCUT2D eigenvalue weighted by molar-refractivity contribution is 9.10. The first-order valence-electron chi connectivity index (χ1n) is 8.00. The van der Waals surface area contributed by atoms with Gasteiger partial charge in [0.15, 0.2) is 0 Å². The van der Waals surface area contributed by atoms with Crippen LogP contribution in [0.15, 0.2) is 46.9 Å². The summed E-state index contributed by atoms with van der Waals surface area (Å²) in [6.45, 7) is -3.19. The normalized spacial score (nSPS) is 11.1. The smallest absolute Gasteiger partial charge is 0.387 e. The number of carbonyl (C=O) groups is 1. The Morgan fingerprint density at radius 3 is 2.70 bits per heavy atom. The fourth-order valence-electron chi connectivity index (χ4n) is 2.42. The Hall–Kier alpha value is -2.10. The van der Waals surface area contributed by atoms with E-state index >= 15 is 0 Å². The summed E-state index contributed by atoms with van der Waals surface area (Å²) in [7, 11) is 0. The third kappa shape index (κ3) is 6.85. The van der Waals surface area contributed by atoms with Gasteiger partial charge in [-0.3, -0.25) is 9.69 Å². The molecule has 0 aliphatic carbocycles. The SMILES string of the molecule is O=C(CN(CCO)Cc1cc(Br)ccc1F)Nc1ccccc1OC(F)F. The van der Waals surface area contributed by atoms with Crippen molar-refractivity contribution in [2.24, 2.45) is 0 Å². The predicted octanol–water partition coefficient (Wildman–Crippen LogP) is 3.62. The topological polar surface area (TPSA) is 61.8 Å². The third-order valence-corrected chi connectivity index (χ3v) is 4.06. The molecule has 0 aromatic heterocycles. The van der Waals surface area contributed by atoms with E-state index in [2.05, 4.69) is 26.0 Å². The van der Waals surface area contributed by atoms with E-state index in [0.29, 0.717) is 10.0 Å². The fraction of sp³-hybridized carbons (Fsp3) is 0.278. The van der Waals surface area contributed by atoms with Crippen LogP contribution in [0.2, 0.25) is 0 Å². The summed E-state index contributed by atoms with van der Waals surface area (Å²) in [5.41, 5.74) is 0.451. The first-order valence-corrected chi connectivity index (χ1v) is 8.79. The lowest BCUT2D eigenvalue weighted by Crippen LogP contribution is -2.35. The van der Waals surface area contributed by atoms with Gasteiger partial charge in [-0.2, -0.15) is 8.78 Å². The highest BCUT2D eigenvalue weighted by Gasteiger charge is 2.16. The molecule has 0 fully saturated rings. The molecule has 0 spiro atoms. The van der Waals surface area contributed by atoms with E-state index < -0.39 is 18.3 Å². The number of aliphatic hydroxyl groups is 1. The number of aliphatic hydroxyl groups excluding tert-OH is 1. The maximum absolute atomic E-state index is 13.9. The number of amides is 1. The lowest BCUT2D eigenvalue weighted by Gasteiger charge is -2.21. The third-order valence-electron chi connectivity index (χ3n) is 3.56. The van der Waals surface area contributed by atoms with E-state index in [1.165, 1.54) is 29.2 Å². The monoisotopic (exact) mass is 446 g/mol. The summed E-state index contributed by atoms with van der Waals surface area (Å²) in [5.74, 6) is -1.10. The van der Waals surface area contributed by atoms with Gasteiger partial charge in [0, 0.05) is 23.1 Å². The fourth-order valence-corrected chi connectivity index (χ4v) is 2.83. The van der Waals surface area contributed by atoms with Gasteiger partial charge in [-0.25, -0.2) is 4.39 Å². The van der Waals surface area contributed by atoms with Crippen molar-refractivity contribution in [1.29, 1.82) is 0 Å². The van der Waals surface area contributed by atoms with Crippen LogP contribution in [0.25, 0.3) is 0 Å². The summed E-state index contributed by atoms with van der Waals surface area (Å²) in [6, 6.07) is 10.3. The average Bonchev–Trinajstić information content (AvgIpc) is 2.59. The summed E-state index contributed by atoms with van der Waals surface area (Å²) < 4.78 is 43.9. The van der Waals surface area contributed by atoms with Crippen LogP contribution in [0.4, 0.5) is 18.9 Å². The molecule has 0 aliphatic heterocycles. The summed E-state index contributed by atoms with van der Waals surface area (Å²) in [4.78, 5) is 13.8. The number of anilines is 1. The largest absolute Gasteiger partial charge is 0.433 e. The van der Waals surface area contributed by atoms with Crippen LogP contribution in [0, 0.1) is 5.82 Å². The number of alkyl halides is 2. The highest BCUT2D eigenvalue weighted by Crippen LogP contribution is 2.25.